The first-order valence-corrected chi connectivity index (χ1v) is 7.91. The van der Waals surface area contributed by atoms with Gasteiger partial charge in [0.2, 0.25) is 11.5 Å². The van der Waals surface area contributed by atoms with Crippen LogP contribution in [0, 0.1) is 17.3 Å². The predicted octanol–water partition coefficient (Wildman–Crippen LogP) is 3.04. The first-order valence-electron chi connectivity index (χ1n) is 7.91. The Morgan fingerprint density at radius 1 is 1.14 bits per heavy atom. The molecule has 0 amide bonds. The molecular weight excluding hydrogens is 268 g/mol. The second kappa shape index (κ2) is 5.01. The van der Waals surface area contributed by atoms with E-state index in [2.05, 4.69) is 6.92 Å². The first-order chi connectivity index (χ1) is 9.55. The molecule has 0 radical (unpaired) electrons. The molecule has 4 heteroatoms. The maximum Gasteiger partial charge on any atom is 0.210 e. The maximum absolute atomic E-state index is 12.9. The Hall–Kier alpha value is -1.03. The van der Waals surface area contributed by atoms with Crippen LogP contribution >= 0.6 is 0 Å². The molecule has 0 saturated heterocycles. The normalized spacial score (nSPS) is 39.4. The van der Waals surface area contributed by atoms with Crippen molar-refractivity contribution in [3.05, 3.63) is 11.5 Å². The van der Waals surface area contributed by atoms with Gasteiger partial charge in [0.15, 0.2) is 5.76 Å². The van der Waals surface area contributed by atoms with Crippen LogP contribution in [0.15, 0.2) is 11.5 Å². The number of Topliss-reactive ketones (excluding diaryl/α,β-unsaturated/α-hetero) is 1. The monoisotopic (exact) mass is 296 g/mol. The van der Waals surface area contributed by atoms with Crippen LogP contribution < -0.4 is 0 Å². The van der Waals surface area contributed by atoms with Gasteiger partial charge in [-0.1, -0.05) is 13.8 Å². The van der Waals surface area contributed by atoms with Crippen molar-refractivity contribution in [2.24, 2.45) is 17.3 Å². The van der Waals surface area contributed by atoms with E-state index < -0.39 is 11.0 Å². The fraction of sp³-hybridized carbons (Fsp3) is 0.824. The first kappa shape index (κ1) is 16.3. The van der Waals surface area contributed by atoms with Crippen LogP contribution in [-0.4, -0.2) is 28.7 Å². The van der Waals surface area contributed by atoms with E-state index in [-0.39, 0.29) is 35.6 Å². The molecule has 1 N–H and O–H groups in total. The van der Waals surface area contributed by atoms with Gasteiger partial charge in [-0.05, 0) is 52.9 Å². The van der Waals surface area contributed by atoms with Crippen LogP contribution in [0.1, 0.15) is 54.9 Å². The minimum absolute atomic E-state index is 0.0477. The molecule has 120 valence electrons. The highest BCUT2D eigenvalue weighted by Gasteiger charge is 2.71. The zero-order chi connectivity index (χ0) is 16.2. The average Bonchev–Trinajstić information content (AvgIpc) is 2.62. The van der Waals surface area contributed by atoms with Crippen LogP contribution in [-0.2, 0) is 14.3 Å². The lowest BCUT2D eigenvalue weighted by Crippen LogP contribution is -2.48. The molecule has 0 aliphatic heterocycles. The van der Waals surface area contributed by atoms with E-state index in [9.17, 15) is 9.90 Å². The molecule has 0 aromatic rings. The van der Waals surface area contributed by atoms with Gasteiger partial charge in [-0.15, -0.1) is 0 Å². The number of hydrogen-bond acceptors (Lipinski definition) is 4. The second-order valence-corrected chi connectivity index (χ2v) is 7.39. The van der Waals surface area contributed by atoms with Crippen molar-refractivity contribution in [3.63, 3.8) is 0 Å². The molecule has 0 heterocycles. The van der Waals surface area contributed by atoms with Crippen LogP contribution in [0.2, 0.25) is 0 Å². The van der Waals surface area contributed by atoms with E-state index in [1.165, 1.54) is 0 Å². The van der Waals surface area contributed by atoms with E-state index in [1.54, 1.807) is 0 Å². The molecule has 2 aliphatic carbocycles. The van der Waals surface area contributed by atoms with Gasteiger partial charge in [-0.2, -0.15) is 0 Å². The van der Waals surface area contributed by atoms with Gasteiger partial charge in [-0.3, -0.25) is 4.79 Å². The summed E-state index contributed by atoms with van der Waals surface area (Å²) in [5.74, 6) is 0.660. The van der Waals surface area contributed by atoms with Gasteiger partial charge in [0.25, 0.3) is 0 Å². The fourth-order valence-electron chi connectivity index (χ4n) is 3.86. The summed E-state index contributed by atoms with van der Waals surface area (Å²) in [5.41, 5.74) is -2.11. The Bertz CT molecular complexity index is 479. The SMILES string of the molecule is CC(C)OC1=C(OC(C)C)[C@@]2(O)[C@H](C)[C@H](C)C[C@@]2(C)C1=O. The van der Waals surface area contributed by atoms with Crippen LogP contribution in [0.4, 0.5) is 0 Å². The molecule has 0 aromatic carbocycles. The van der Waals surface area contributed by atoms with Gasteiger partial charge in [0, 0.05) is 0 Å². The Labute approximate surface area is 127 Å². The molecule has 2 aliphatic rings. The number of ether oxygens (including phenoxy) is 2. The van der Waals surface area contributed by atoms with Crippen molar-refractivity contribution in [1.29, 1.82) is 0 Å². The molecule has 0 spiro atoms. The summed E-state index contributed by atoms with van der Waals surface area (Å²) < 4.78 is 11.6. The molecule has 0 aromatic heterocycles. The average molecular weight is 296 g/mol. The molecule has 0 bridgehead atoms. The third kappa shape index (κ3) is 2.10. The van der Waals surface area contributed by atoms with Crippen molar-refractivity contribution in [2.75, 3.05) is 0 Å². The number of fused-ring (bicyclic) bond motifs is 1. The third-order valence-electron chi connectivity index (χ3n) is 5.05. The van der Waals surface area contributed by atoms with Crippen LogP contribution in [0.25, 0.3) is 0 Å². The molecule has 1 fully saturated rings. The van der Waals surface area contributed by atoms with Gasteiger partial charge < -0.3 is 14.6 Å². The van der Waals surface area contributed by atoms with E-state index in [0.717, 1.165) is 0 Å². The number of aliphatic hydroxyl groups is 1. The van der Waals surface area contributed by atoms with Crippen LogP contribution in [0.5, 0.6) is 0 Å². The van der Waals surface area contributed by atoms with Crippen molar-refractivity contribution in [2.45, 2.75) is 72.7 Å². The largest absolute Gasteiger partial charge is 0.488 e. The number of ketones is 1. The van der Waals surface area contributed by atoms with Crippen molar-refractivity contribution >= 4 is 5.78 Å². The number of allylic oxidation sites excluding steroid dienone is 1. The van der Waals surface area contributed by atoms with Gasteiger partial charge >= 0.3 is 0 Å². The predicted molar refractivity (Wildman–Crippen MR) is 80.5 cm³/mol. The number of carbonyl (C=O) groups is 1. The lowest BCUT2D eigenvalue weighted by molar-refractivity contribution is -0.137. The molecule has 21 heavy (non-hydrogen) atoms. The highest BCUT2D eigenvalue weighted by Crippen LogP contribution is 2.62. The summed E-state index contributed by atoms with van der Waals surface area (Å²) >= 11 is 0. The Morgan fingerprint density at radius 3 is 2.14 bits per heavy atom. The van der Waals surface area contributed by atoms with E-state index in [4.69, 9.17) is 9.47 Å². The van der Waals surface area contributed by atoms with Crippen molar-refractivity contribution in [3.8, 4) is 0 Å². The summed E-state index contributed by atoms with van der Waals surface area (Å²) in [5, 5.41) is 11.4. The topological polar surface area (TPSA) is 55.8 Å². The molecule has 4 atom stereocenters. The standard InChI is InChI=1S/C17H28O4/c1-9(2)20-13-14(18)16(7)8-11(5)12(6)17(16,19)15(13)21-10(3)4/h9-12,19H,8H2,1-7H3/t11-,12-,16+,17+/m1/s1. The minimum atomic E-state index is -1.27. The zero-order valence-corrected chi connectivity index (χ0v) is 14.2. The molecule has 2 rings (SSSR count). The van der Waals surface area contributed by atoms with E-state index in [1.807, 2.05) is 41.5 Å². The fourth-order valence-corrected chi connectivity index (χ4v) is 3.86. The van der Waals surface area contributed by atoms with Crippen LogP contribution in [0.3, 0.4) is 0 Å². The zero-order valence-electron chi connectivity index (χ0n) is 14.2. The number of carbonyl (C=O) groups excluding carboxylic acids is 1. The molecular formula is C17H28O4. The summed E-state index contributed by atoms with van der Waals surface area (Å²) in [4.78, 5) is 12.9. The lowest BCUT2D eigenvalue weighted by Gasteiger charge is -2.36. The van der Waals surface area contributed by atoms with E-state index >= 15 is 0 Å². The van der Waals surface area contributed by atoms with Gasteiger partial charge in [-0.25, -0.2) is 0 Å². The summed E-state index contributed by atoms with van der Waals surface area (Å²) in [6, 6.07) is 0. The molecule has 1 saturated carbocycles. The highest BCUT2D eigenvalue weighted by molar-refractivity contribution is 6.03. The lowest BCUT2D eigenvalue weighted by atomic mass is 9.74. The number of rotatable bonds is 4. The molecule has 0 unspecified atom stereocenters. The summed E-state index contributed by atoms with van der Waals surface area (Å²) in [6.07, 6.45) is 0.404. The minimum Gasteiger partial charge on any atom is -0.488 e. The van der Waals surface area contributed by atoms with Gasteiger partial charge in [0.05, 0.1) is 17.6 Å². The summed E-state index contributed by atoms with van der Waals surface area (Å²) in [7, 11) is 0. The van der Waals surface area contributed by atoms with E-state index in [0.29, 0.717) is 12.2 Å². The quantitative estimate of drug-likeness (QED) is 0.866. The Balaban J connectivity index is 2.58. The van der Waals surface area contributed by atoms with Gasteiger partial charge in [0.1, 0.15) is 5.60 Å². The van der Waals surface area contributed by atoms with Crippen molar-refractivity contribution in [1.82, 2.24) is 0 Å². The highest BCUT2D eigenvalue weighted by atomic mass is 16.5. The smallest absolute Gasteiger partial charge is 0.210 e. The Kier molecular flexibility index (Phi) is 3.90. The summed E-state index contributed by atoms with van der Waals surface area (Å²) in [6.45, 7) is 13.5. The van der Waals surface area contributed by atoms with Crippen molar-refractivity contribution < 1.29 is 19.4 Å². The second-order valence-electron chi connectivity index (χ2n) is 7.39. The Morgan fingerprint density at radius 2 is 1.67 bits per heavy atom. The third-order valence-corrected chi connectivity index (χ3v) is 5.05. The number of hydrogen-bond donors (Lipinski definition) is 1. The molecule has 4 nitrogen and oxygen atoms in total. The maximum atomic E-state index is 12.9.